The third kappa shape index (κ3) is 4.41. The van der Waals surface area contributed by atoms with Gasteiger partial charge in [0.1, 0.15) is 17.1 Å². The van der Waals surface area contributed by atoms with Gasteiger partial charge in [-0.05, 0) is 36.8 Å². The molecule has 2 aromatic carbocycles. The number of thiophene rings is 1. The lowest BCUT2D eigenvalue weighted by Crippen LogP contribution is -3.08. The van der Waals surface area contributed by atoms with Crippen molar-refractivity contribution in [3.63, 3.8) is 0 Å². The van der Waals surface area contributed by atoms with Gasteiger partial charge in [0.25, 0.3) is 5.56 Å². The molecule has 1 aliphatic heterocycles. The largest absolute Gasteiger partial charge is 0.494 e. The van der Waals surface area contributed by atoms with E-state index in [0.29, 0.717) is 17.3 Å². The number of ketones is 1. The molecular weight excluding hydrogens is 466 g/mol. The van der Waals surface area contributed by atoms with Gasteiger partial charge in [0.05, 0.1) is 41.9 Å². The van der Waals surface area contributed by atoms with Gasteiger partial charge in [0.2, 0.25) is 0 Å². The molecule has 5 rings (SSSR count). The van der Waals surface area contributed by atoms with Crippen molar-refractivity contribution in [1.82, 2.24) is 9.55 Å². The number of hydrogen-bond acceptors (Lipinski definition) is 6. The standard InChI is InChI=1S/C26H25N3O3S2/c1-3-32-19-11-9-18(10-12-19)29-25(31)23-20-13-14-28(2)15-22(20)34-24(23)27-26(29)33-16-21(30)17-7-5-4-6-8-17/h4-12H,3,13-16H2,1-2H3/p+1. The molecule has 6 nitrogen and oxygen atoms in total. The predicted octanol–water partition coefficient (Wildman–Crippen LogP) is 3.39. The smallest absolute Gasteiger partial charge is 0.267 e. The molecular formula is C26H26N3O3S2+. The summed E-state index contributed by atoms with van der Waals surface area (Å²) in [6.45, 7) is 4.43. The van der Waals surface area contributed by atoms with Crippen LogP contribution in [-0.4, -0.2) is 41.3 Å². The molecule has 174 valence electrons. The summed E-state index contributed by atoms with van der Waals surface area (Å²) in [7, 11) is 2.18. The number of ether oxygens (including phenoxy) is 1. The van der Waals surface area contributed by atoms with E-state index in [1.807, 2.05) is 61.5 Å². The molecule has 1 N–H and O–H groups in total. The molecule has 1 unspecified atom stereocenters. The Hall–Kier alpha value is -2.94. The minimum atomic E-state index is -0.0686. The Morgan fingerprint density at radius 2 is 1.94 bits per heavy atom. The monoisotopic (exact) mass is 492 g/mol. The van der Waals surface area contributed by atoms with Crippen LogP contribution in [0.3, 0.4) is 0 Å². The number of carbonyl (C=O) groups is 1. The third-order valence-electron chi connectivity index (χ3n) is 5.98. The highest BCUT2D eigenvalue weighted by Gasteiger charge is 2.26. The fourth-order valence-corrected chi connectivity index (χ4v) is 6.54. The van der Waals surface area contributed by atoms with Crippen LogP contribution in [0.2, 0.25) is 0 Å². The van der Waals surface area contributed by atoms with E-state index < -0.39 is 0 Å². The normalized spacial score (nSPS) is 15.3. The van der Waals surface area contributed by atoms with E-state index in [9.17, 15) is 9.59 Å². The maximum atomic E-state index is 13.9. The second-order valence-electron chi connectivity index (χ2n) is 8.36. The number of aromatic nitrogens is 2. The first kappa shape index (κ1) is 22.8. The Labute approximate surface area is 206 Å². The van der Waals surface area contributed by atoms with E-state index in [-0.39, 0.29) is 17.1 Å². The van der Waals surface area contributed by atoms with Crippen LogP contribution in [0.15, 0.2) is 64.5 Å². The highest BCUT2D eigenvalue weighted by molar-refractivity contribution is 7.99. The van der Waals surface area contributed by atoms with E-state index in [2.05, 4.69) is 7.05 Å². The molecule has 1 aliphatic rings. The van der Waals surface area contributed by atoms with Crippen molar-refractivity contribution in [2.24, 2.45) is 0 Å². The first-order valence-corrected chi connectivity index (χ1v) is 13.2. The first-order valence-electron chi connectivity index (χ1n) is 11.4. The molecule has 0 saturated carbocycles. The molecule has 0 amide bonds. The van der Waals surface area contributed by atoms with Crippen molar-refractivity contribution in [3.05, 3.63) is 81.0 Å². The fourth-order valence-electron chi connectivity index (χ4n) is 4.26. The number of quaternary nitrogens is 1. The summed E-state index contributed by atoms with van der Waals surface area (Å²) >= 11 is 2.92. The van der Waals surface area contributed by atoms with Gasteiger partial charge in [-0.3, -0.25) is 14.2 Å². The second kappa shape index (κ2) is 9.74. The average Bonchev–Trinajstić information content (AvgIpc) is 3.21. The van der Waals surface area contributed by atoms with Gasteiger partial charge in [-0.15, -0.1) is 11.3 Å². The van der Waals surface area contributed by atoms with Crippen LogP contribution in [0.5, 0.6) is 5.75 Å². The molecule has 0 saturated heterocycles. The van der Waals surface area contributed by atoms with Gasteiger partial charge in [-0.1, -0.05) is 42.1 Å². The molecule has 0 aliphatic carbocycles. The Kier molecular flexibility index (Phi) is 6.54. The van der Waals surface area contributed by atoms with E-state index in [1.54, 1.807) is 15.9 Å². The van der Waals surface area contributed by atoms with Crippen molar-refractivity contribution < 1.29 is 14.4 Å². The Balaban J connectivity index is 1.59. The lowest BCUT2D eigenvalue weighted by Gasteiger charge is -2.19. The molecule has 0 radical (unpaired) electrons. The fraction of sp³-hybridized carbons (Fsp3) is 0.269. The predicted molar refractivity (Wildman–Crippen MR) is 137 cm³/mol. The van der Waals surface area contributed by atoms with Crippen molar-refractivity contribution >= 4 is 39.1 Å². The number of carbonyl (C=O) groups excluding carboxylic acids is 1. The minimum absolute atomic E-state index is 0.00823. The zero-order chi connectivity index (χ0) is 23.7. The van der Waals surface area contributed by atoms with Crippen LogP contribution >= 0.6 is 23.1 Å². The number of nitrogens with one attached hydrogen (secondary N) is 1. The lowest BCUT2D eigenvalue weighted by molar-refractivity contribution is -0.895. The van der Waals surface area contributed by atoms with Crippen LogP contribution in [-0.2, 0) is 13.0 Å². The number of benzene rings is 2. The molecule has 8 heteroatoms. The number of nitrogens with zero attached hydrogens (tertiary/aromatic N) is 2. The number of hydrogen-bond donors (Lipinski definition) is 1. The van der Waals surface area contributed by atoms with Crippen LogP contribution in [0.25, 0.3) is 15.9 Å². The number of thioether (sulfide) groups is 1. The topological polar surface area (TPSA) is 65.6 Å². The van der Waals surface area contributed by atoms with Crippen LogP contribution in [0.4, 0.5) is 0 Å². The SMILES string of the molecule is CCOc1ccc(-n2c(SCC(=O)c3ccccc3)nc3sc4c(c3c2=O)CC[NH+](C)C4)cc1. The van der Waals surface area contributed by atoms with Gasteiger partial charge < -0.3 is 9.64 Å². The number of Topliss-reactive ketones (excluding diaryl/α,β-unsaturated/α-hetero) is 1. The summed E-state index contributed by atoms with van der Waals surface area (Å²) in [5.41, 5.74) is 2.44. The van der Waals surface area contributed by atoms with Gasteiger partial charge in [0, 0.05) is 12.0 Å². The molecule has 4 aromatic rings. The molecule has 1 atom stereocenters. The Morgan fingerprint density at radius 3 is 2.68 bits per heavy atom. The second-order valence-corrected chi connectivity index (χ2v) is 10.4. The molecule has 0 bridgehead atoms. The first-order chi connectivity index (χ1) is 16.5. The van der Waals surface area contributed by atoms with E-state index in [4.69, 9.17) is 9.72 Å². The maximum absolute atomic E-state index is 13.9. The quantitative estimate of drug-likeness (QED) is 0.243. The van der Waals surface area contributed by atoms with Gasteiger partial charge in [-0.25, -0.2) is 4.98 Å². The highest BCUT2D eigenvalue weighted by Crippen LogP contribution is 2.32. The third-order valence-corrected chi connectivity index (χ3v) is 8.04. The zero-order valence-corrected chi connectivity index (χ0v) is 20.8. The number of likely N-dealkylation sites (N-methyl/N-ethyl adjacent to an activating group) is 1. The Bertz CT molecular complexity index is 1400. The summed E-state index contributed by atoms with van der Waals surface area (Å²) in [4.78, 5) is 35.0. The molecule has 34 heavy (non-hydrogen) atoms. The van der Waals surface area contributed by atoms with Crippen molar-refractivity contribution in [1.29, 1.82) is 0 Å². The maximum Gasteiger partial charge on any atom is 0.267 e. The zero-order valence-electron chi connectivity index (χ0n) is 19.2. The average molecular weight is 493 g/mol. The lowest BCUT2D eigenvalue weighted by atomic mass is 10.1. The van der Waals surface area contributed by atoms with Gasteiger partial charge in [0.15, 0.2) is 10.9 Å². The summed E-state index contributed by atoms with van der Waals surface area (Å²) in [6.07, 6.45) is 0.875. The summed E-state index contributed by atoms with van der Waals surface area (Å²) in [5, 5.41) is 1.25. The molecule has 0 fully saturated rings. The Morgan fingerprint density at radius 1 is 1.18 bits per heavy atom. The molecule has 0 spiro atoms. The summed E-state index contributed by atoms with van der Waals surface area (Å²) < 4.78 is 7.23. The number of fused-ring (bicyclic) bond motifs is 3. The van der Waals surface area contributed by atoms with E-state index in [1.165, 1.54) is 21.5 Å². The van der Waals surface area contributed by atoms with Crippen molar-refractivity contribution in [3.8, 4) is 11.4 Å². The summed E-state index contributed by atoms with van der Waals surface area (Å²) in [6, 6.07) is 16.7. The van der Waals surface area contributed by atoms with E-state index >= 15 is 0 Å². The number of rotatable bonds is 7. The van der Waals surface area contributed by atoms with Crippen LogP contribution < -0.4 is 15.2 Å². The molecule has 2 aromatic heterocycles. The van der Waals surface area contributed by atoms with Gasteiger partial charge in [-0.2, -0.15) is 0 Å². The van der Waals surface area contributed by atoms with Crippen LogP contribution in [0, 0.1) is 0 Å². The van der Waals surface area contributed by atoms with E-state index in [0.717, 1.165) is 46.7 Å². The van der Waals surface area contributed by atoms with Crippen LogP contribution in [0.1, 0.15) is 27.7 Å². The van der Waals surface area contributed by atoms with Crippen molar-refractivity contribution in [2.75, 3.05) is 26.0 Å². The minimum Gasteiger partial charge on any atom is -0.494 e. The summed E-state index contributed by atoms with van der Waals surface area (Å²) in [5.74, 6) is 0.964. The highest BCUT2D eigenvalue weighted by atomic mass is 32.2. The van der Waals surface area contributed by atoms with Crippen molar-refractivity contribution in [2.45, 2.75) is 25.0 Å². The molecule has 3 heterocycles. The van der Waals surface area contributed by atoms with Gasteiger partial charge >= 0.3 is 0 Å².